The monoisotopic (exact) mass is 592 g/mol. The van der Waals surface area contributed by atoms with Gasteiger partial charge in [0.15, 0.2) is 23.7 Å². The molecular formula is C31H28O12. The van der Waals surface area contributed by atoms with Gasteiger partial charge in [0, 0.05) is 11.1 Å². The molecule has 0 aromatic heterocycles. The van der Waals surface area contributed by atoms with E-state index in [4.69, 9.17) is 28.4 Å². The number of benzene rings is 3. The number of rotatable bonds is 4. The zero-order valence-corrected chi connectivity index (χ0v) is 23.0. The van der Waals surface area contributed by atoms with Crippen molar-refractivity contribution in [1.82, 2.24) is 0 Å². The van der Waals surface area contributed by atoms with E-state index in [1.807, 2.05) is 12.1 Å². The second-order valence-corrected chi connectivity index (χ2v) is 10.8. The average molecular weight is 593 g/mol. The fourth-order valence-corrected chi connectivity index (χ4v) is 6.33. The lowest BCUT2D eigenvalue weighted by Crippen LogP contribution is -2.67. The van der Waals surface area contributed by atoms with Gasteiger partial charge in [0.2, 0.25) is 5.75 Å². The standard InChI is InChI=1S/C31H28O12/c1-38-19-7-6-15-18-12-40-24-16-8-9-31(29(35)23(34)22(33)28(43-31)30(36)37)42-20(16)11-17(13-4-3-5-14(32)10-13)21(24)25(18)41-26(15)27(19)39-2/h3-11,18,22-23,25,28-29,32-35H,12H2,1-2H3,(H,36,37). The first-order valence-electron chi connectivity index (χ1n) is 13.5. The molecule has 0 amide bonds. The maximum Gasteiger partial charge on any atom is 0.335 e. The third-order valence-corrected chi connectivity index (χ3v) is 8.41. The summed E-state index contributed by atoms with van der Waals surface area (Å²) < 4.78 is 35.8. The molecule has 3 aromatic carbocycles. The van der Waals surface area contributed by atoms with E-state index in [1.165, 1.54) is 19.3 Å². The van der Waals surface area contributed by atoms with Gasteiger partial charge in [-0.25, -0.2) is 4.79 Å². The number of methoxy groups -OCH3 is 2. The SMILES string of the molecule is COc1ccc2c(c1OC)OC1c3c(-c4cccc(O)c4)cc4c(c3OCC21)C=CC1(O4)OC(C(=O)O)C(O)C(O)C1O. The van der Waals surface area contributed by atoms with Gasteiger partial charge < -0.3 is 54.0 Å². The molecule has 3 aromatic rings. The molecule has 0 radical (unpaired) electrons. The number of aliphatic hydroxyl groups is 3. The lowest BCUT2D eigenvalue weighted by molar-refractivity contribution is -0.309. The number of carboxylic acid groups (broad SMARTS) is 1. The van der Waals surface area contributed by atoms with E-state index in [1.54, 1.807) is 37.5 Å². The quantitative estimate of drug-likeness (QED) is 0.300. The number of phenols is 1. The molecule has 7 unspecified atom stereocenters. The topological polar surface area (TPSA) is 174 Å². The second kappa shape index (κ2) is 9.78. The summed E-state index contributed by atoms with van der Waals surface area (Å²) in [7, 11) is 3.08. The molecule has 7 atom stereocenters. The first kappa shape index (κ1) is 27.3. The van der Waals surface area contributed by atoms with Crippen molar-refractivity contribution in [2.45, 2.75) is 42.2 Å². The lowest BCUT2D eigenvalue weighted by atomic mass is 9.82. The van der Waals surface area contributed by atoms with Gasteiger partial charge in [0.1, 0.15) is 35.6 Å². The van der Waals surface area contributed by atoms with Gasteiger partial charge in [-0.3, -0.25) is 0 Å². The van der Waals surface area contributed by atoms with Crippen LogP contribution in [-0.4, -0.2) is 82.5 Å². The Morgan fingerprint density at radius 1 is 1.02 bits per heavy atom. The molecule has 5 N–H and O–H groups in total. The Balaban J connectivity index is 1.39. The van der Waals surface area contributed by atoms with Crippen LogP contribution in [0.2, 0.25) is 0 Å². The maximum atomic E-state index is 11.8. The first-order valence-corrected chi connectivity index (χ1v) is 13.5. The summed E-state index contributed by atoms with van der Waals surface area (Å²) in [5.41, 5.74) is 3.19. The van der Waals surface area contributed by atoms with Crippen LogP contribution in [-0.2, 0) is 9.53 Å². The number of phenolic OH excluding ortho intramolecular Hbond substituents is 1. The van der Waals surface area contributed by atoms with Gasteiger partial charge in [-0.1, -0.05) is 18.2 Å². The van der Waals surface area contributed by atoms with E-state index >= 15 is 0 Å². The minimum absolute atomic E-state index is 0.0176. The Labute approximate surface area is 244 Å². The van der Waals surface area contributed by atoms with E-state index in [0.29, 0.717) is 45.3 Å². The summed E-state index contributed by atoms with van der Waals surface area (Å²) in [5, 5.41) is 51.6. The van der Waals surface area contributed by atoms with Crippen LogP contribution in [0.3, 0.4) is 0 Å². The van der Waals surface area contributed by atoms with Gasteiger partial charge in [-0.05, 0) is 47.5 Å². The number of hydrogen-bond acceptors (Lipinski definition) is 11. The summed E-state index contributed by atoms with van der Waals surface area (Å²) in [6.45, 7) is 0.236. The Hall–Kier alpha value is -4.49. The summed E-state index contributed by atoms with van der Waals surface area (Å²) in [4.78, 5) is 11.8. The molecule has 0 saturated carbocycles. The third kappa shape index (κ3) is 3.94. The normalized spacial score (nSPS) is 29.7. The Bertz CT molecular complexity index is 1670. The third-order valence-electron chi connectivity index (χ3n) is 8.41. The number of fused-ring (bicyclic) bond motifs is 7. The molecule has 4 heterocycles. The van der Waals surface area contributed by atoms with Crippen LogP contribution >= 0.6 is 0 Å². The summed E-state index contributed by atoms with van der Waals surface area (Å²) in [5.74, 6) is -1.79. The number of aliphatic carboxylic acids is 1. The molecule has 0 bridgehead atoms. The van der Waals surface area contributed by atoms with E-state index < -0.39 is 42.3 Å². The van der Waals surface area contributed by atoms with Crippen LogP contribution in [0.15, 0.2) is 48.5 Å². The molecule has 7 rings (SSSR count). The Morgan fingerprint density at radius 3 is 2.56 bits per heavy atom. The predicted molar refractivity (Wildman–Crippen MR) is 148 cm³/mol. The minimum atomic E-state index is -2.12. The highest BCUT2D eigenvalue weighted by molar-refractivity contribution is 5.82. The van der Waals surface area contributed by atoms with E-state index in [-0.39, 0.29) is 24.0 Å². The zero-order valence-electron chi connectivity index (χ0n) is 23.0. The van der Waals surface area contributed by atoms with Crippen LogP contribution in [0.5, 0.6) is 34.5 Å². The molecule has 1 saturated heterocycles. The number of carboxylic acids is 1. The van der Waals surface area contributed by atoms with Crippen LogP contribution in [0, 0.1) is 0 Å². The Morgan fingerprint density at radius 2 is 1.84 bits per heavy atom. The van der Waals surface area contributed by atoms with Crippen molar-refractivity contribution in [2.24, 2.45) is 0 Å². The molecule has 12 heteroatoms. The van der Waals surface area contributed by atoms with Gasteiger partial charge in [0.25, 0.3) is 5.79 Å². The molecule has 4 aliphatic heterocycles. The molecule has 4 aliphatic rings. The summed E-state index contributed by atoms with van der Waals surface area (Å²) in [6, 6.07) is 12.0. The van der Waals surface area contributed by atoms with Crippen LogP contribution < -0.4 is 23.7 Å². The van der Waals surface area contributed by atoms with Crippen molar-refractivity contribution < 1.29 is 58.7 Å². The molecule has 0 aliphatic carbocycles. The van der Waals surface area contributed by atoms with Crippen LogP contribution in [0.25, 0.3) is 17.2 Å². The fraction of sp³-hybridized carbons (Fsp3) is 0.323. The summed E-state index contributed by atoms with van der Waals surface area (Å²) in [6.07, 6.45) is -5.14. The fourth-order valence-electron chi connectivity index (χ4n) is 6.33. The van der Waals surface area contributed by atoms with Gasteiger partial charge >= 0.3 is 5.97 Å². The van der Waals surface area contributed by atoms with Crippen molar-refractivity contribution in [1.29, 1.82) is 0 Å². The molecule has 1 spiro atoms. The van der Waals surface area contributed by atoms with E-state index in [9.17, 15) is 30.3 Å². The number of ether oxygens (including phenoxy) is 6. The highest BCUT2D eigenvalue weighted by Gasteiger charge is 2.58. The van der Waals surface area contributed by atoms with Gasteiger partial charge in [0.05, 0.1) is 32.3 Å². The lowest BCUT2D eigenvalue weighted by Gasteiger charge is -2.47. The largest absolute Gasteiger partial charge is 0.508 e. The zero-order chi connectivity index (χ0) is 30.2. The van der Waals surface area contributed by atoms with Crippen LogP contribution in [0.4, 0.5) is 0 Å². The Kier molecular flexibility index (Phi) is 6.22. The number of aliphatic hydroxyl groups excluding tert-OH is 3. The first-order chi connectivity index (χ1) is 20.7. The molecule has 12 nitrogen and oxygen atoms in total. The van der Waals surface area contributed by atoms with E-state index in [0.717, 1.165) is 5.56 Å². The highest BCUT2D eigenvalue weighted by atomic mass is 16.7. The van der Waals surface area contributed by atoms with Gasteiger partial charge in [-0.15, -0.1) is 0 Å². The summed E-state index contributed by atoms with van der Waals surface area (Å²) >= 11 is 0. The van der Waals surface area contributed by atoms with Crippen molar-refractivity contribution in [3.8, 4) is 45.6 Å². The average Bonchev–Trinajstić information content (AvgIpc) is 3.39. The van der Waals surface area contributed by atoms with Crippen molar-refractivity contribution in [3.63, 3.8) is 0 Å². The van der Waals surface area contributed by atoms with E-state index in [2.05, 4.69) is 0 Å². The van der Waals surface area contributed by atoms with Crippen molar-refractivity contribution >= 4 is 12.0 Å². The minimum Gasteiger partial charge on any atom is -0.508 e. The van der Waals surface area contributed by atoms with Gasteiger partial charge in [-0.2, -0.15) is 0 Å². The molecule has 43 heavy (non-hydrogen) atoms. The maximum absolute atomic E-state index is 11.8. The van der Waals surface area contributed by atoms with Crippen LogP contribution in [0.1, 0.15) is 28.7 Å². The number of carbonyl (C=O) groups is 1. The molecule has 1 fully saturated rings. The number of hydrogen-bond donors (Lipinski definition) is 5. The smallest absolute Gasteiger partial charge is 0.335 e. The van der Waals surface area contributed by atoms with Crippen molar-refractivity contribution in [2.75, 3.05) is 20.8 Å². The molecule has 224 valence electrons. The number of aromatic hydroxyl groups is 1. The highest BCUT2D eigenvalue weighted by Crippen LogP contribution is 2.60. The molecular weight excluding hydrogens is 564 g/mol. The van der Waals surface area contributed by atoms with Crippen molar-refractivity contribution in [3.05, 3.63) is 65.2 Å². The second-order valence-electron chi connectivity index (χ2n) is 10.8. The predicted octanol–water partition coefficient (Wildman–Crippen LogP) is 2.35.